The number of carbonyl (C=O) groups is 1. The first-order valence-corrected chi connectivity index (χ1v) is 10.6. The lowest BCUT2D eigenvalue weighted by Crippen LogP contribution is -2.33. The Hall–Kier alpha value is -2.79. The minimum atomic E-state index is -0.170. The largest absolute Gasteiger partial charge is 0.493 e. The number of anilines is 1. The van der Waals surface area contributed by atoms with Gasteiger partial charge >= 0.3 is 0 Å². The van der Waals surface area contributed by atoms with Crippen LogP contribution in [0.4, 0.5) is 5.69 Å². The summed E-state index contributed by atoms with van der Waals surface area (Å²) in [6.07, 6.45) is 8.14. The molecule has 5 nitrogen and oxygen atoms in total. The predicted octanol–water partition coefficient (Wildman–Crippen LogP) is 5.28. The van der Waals surface area contributed by atoms with Gasteiger partial charge in [0.05, 0.1) is 7.11 Å². The molecular weight excluding hydrogens is 376 g/mol. The first-order valence-electron chi connectivity index (χ1n) is 10.6. The lowest BCUT2D eigenvalue weighted by atomic mass is 9.94. The van der Waals surface area contributed by atoms with Gasteiger partial charge in [-0.1, -0.05) is 50.1 Å². The maximum Gasteiger partial charge on any atom is 0.255 e. The second-order valence-electron chi connectivity index (χ2n) is 7.78. The second-order valence-corrected chi connectivity index (χ2v) is 7.78. The van der Waals surface area contributed by atoms with Gasteiger partial charge in [-0.05, 0) is 49.7 Å². The van der Waals surface area contributed by atoms with E-state index in [1.54, 1.807) is 31.4 Å². The molecule has 0 spiro atoms. The molecule has 1 N–H and O–H groups in total. The number of benzene rings is 2. The summed E-state index contributed by atoms with van der Waals surface area (Å²) in [7, 11) is 3.75. The number of para-hydroxylation sites is 1. The van der Waals surface area contributed by atoms with E-state index in [2.05, 4.69) is 29.9 Å². The van der Waals surface area contributed by atoms with E-state index in [9.17, 15) is 4.79 Å². The Morgan fingerprint density at radius 3 is 2.67 bits per heavy atom. The monoisotopic (exact) mass is 408 g/mol. The van der Waals surface area contributed by atoms with Gasteiger partial charge in [-0.3, -0.25) is 9.69 Å². The summed E-state index contributed by atoms with van der Waals surface area (Å²) >= 11 is 0. The van der Waals surface area contributed by atoms with E-state index in [1.165, 1.54) is 32.1 Å². The van der Waals surface area contributed by atoms with Crippen molar-refractivity contribution in [2.75, 3.05) is 26.1 Å². The number of carbonyl (C=O) groups excluding carboxylic acids is 1. The van der Waals surface area contributed by atoms with Crippen molar-refractivity contribution in [3.05, 3.63) is 66.2 Å². The van der Waals surface area contributed by atoms with Crippen molar-refractivity contribution >= 4 is 11.6 Å². The molecule has 160 valence electrons. The summed E-state index contributed by atoms with van der Waals surface area (Å²) < 4.78 is 11.0. The fourth-order valence-electron chi connectivity index (χ4n) is 3.97. The van der Waals surface area contributed by atoms with Gasteiger partial charge in [-0.15, -0.1) is 0 Å². The molecule has 2 aromatic rings. The van der Waals surface area contributed by atoms with Crippen molar-refractivity contribution in [2.24, 2.45) is 0 Å². The number of amides is 1. The van der Waals surface area contributed by atoms with E-state index in [0.29, 0.717) is 29.7 Å². The predicted molar refractivity (Wildman–Crippen MR) is 121 cm³/mol. The highest BCUT2D eigenvalue weighted by atomic mass is 16.5. The van der Waals surface area contributed by atoms with Crippen molar-refractivity contribution in [2.45, 2.75) is 44.7 Å². The fraction of sp³-hybridized carbons (Fsp3) is 0.400. The van der Waals surface area contributed by atoms with E-state index in [-0.39, 0.29) is 5.91 Å². The fourth-order valence-corrected chi connectivity index (χ4v) is 3.97. The second kappa shape index (κ2) is 10.8. The van der Waals surface area contributed by atoms with Crippen LogP contribution in [0.5, 0.6) is 11.5 Å². The van der Waals surface area contributed by atoms with Gasteiger partial charge in [-0.25, -0.2) is 0 Å². The third kappa shape index (κ3) is 5.63. The summed E-state index contributed by atoms with van der Waals surface area (Å²) in [6.45, 7) is 4.85. The number of ether oxygens (including phenoxy) is 2. The molecule has 1 aliphatic carbocycles. The van der Waals surface area contributed by atoms with Crippen molar-refractivity contribution in [1.82, 2.24) is 4.90 Å². The highest BCUT2D eigenvalue weighted by Gasteiger charge is 2.19. The molecule has 3 rings (SSSR count). The van der Waals surface area contributed by atoms with Crippen LogP contribution in [0.3, 0.4) is 0 Å². The molecule has 1 aliphatic rings. The molecule has 0 radical (unpaired) electrons. The Balaban J connectivity index is 1.71. The van der Waals surface area contributed by atoms with Crippen LogP contribution in [-0.4, -0.2) is 37.6 Å². The number of nitrogens with zero attached hydrogens (tertiary/aromatic N) is 1. The summed E-state index contributed by atoms with van der Waals surface area (Å²) in [5, 5.41) is 3.07. The number of nitrogens with one attached hydrogen (secondary N) is 1. The Morgan fingerprint density at radius 1 is 1.17 bits per heavy atom. The molecule has 0 unspecified atom stereocenters. The third-order valence-corrected chi connectivity index (χ3v) is 5.67. The Kier molecular flexibility index (Phi) is 7.91. The number of rotatable bonds is 9. The molecule has 1 amide bonds. The SMILES string of the molecule is C=CCOc1ccc(C(=O)Nc2ccccc2CN(C)C2CCCCC2)cc1OC. The average Bonchev–Trinajstić information content (AvgIpc) is 2.79. The third-order valence-electron chi connectivity index (χ3n) is 5.67. The molecule has 0 atom stereocenters. The maximum absolute atomic E-state index is 12.9. The average molecular weight is 409 g/mol. The van der Waals surface area contributed by atoms with E-state index in [1.807, 2.05) is 18.2 Å². The molecular formula is C25H32N2O3. The summed E-state index contributed by atoms with van der Waals surface area (Å²) in [5.41, 5.74) is 2.49. The van der Waals surface area contributed by atoms with Gasteiger partial charge in [0, 0.05) is 23.8 Å². The van der Waals surface area contributed by atoms with Crippen molar-refractivity contribution in [1.29, 1.82) is 0 Å². The molecule has 30 heavy (non-hydrogen) atoms. The molecule has 0 saturated heterocycles. The van der Waals surface area contributed by atoms with E-state index in [4.69, 9.17) is 9.47 Å². The van der Waals surface area contributed by atoms with Gasteiger partial charge in [0.1, 0.15) is 6.61 Å². The normalized spacial score (nSPS) is 14.4. The number of methoxy groups -OCH3 is 1. The molecule has 0 heterocycles. The van der Waals surface area contributed by atoms with E-state index >= 15 is 0 Å². The van der Waals surface area contributed by atoms with Gasteiger partial charge in [-0.2, -0.15) is 0 Å². The lowest BCUT2D eigenvalue weighted by molar-refractivity contribution is 0.102. The van der Waals surface area contributed by atoms with Crippen LogP contribution in [0.25, 0.3) is 0 Å². The van der Waals surface area contributed by atoms with Crippen LogP contribution in [0, 0.1) is 0 Å². The van der Waals surface area contributed by atoms with E-state index < -0.39 is 0 Å². The van der Waals surface area contributed by atoms with Crippen LogP contribution in [0.2, 0.25) is 0 Å². The first kappa shape index (κ1) is 21.9. The van der Waals surface area contributed by atoms with Gasteiger partial charge < -0.3 is 14.8 Å². The zero-order valence-corrected chi connectivity index (χ0v) is 18.0. The quantitative estimate of drug-likeness (QED) is 0.574. The number of hydrogen-bond acceptors (Lipinski definition) is 4. The van der Waals surface area contributed by atoms with Crippen molar-refractivity contribution < 1.29 is 14.3 Å². The summed E-state index contributed by atoms with van der Waals surface area (Å²) in [5.74, 6) is 0.939. The minimum Gasteiger partial charge on any atom is -0.493 e. The van der Waals surface area contributed by atoms with Crippen LogP contribution in [-0.2, 0) is 6.54 Å². The smallest absolute Gasteiger partial charge is 0.255 e. The highest BCUT2D eigenvalue weighted by molar-refractivity contribution is 6.05. The van der Waals surface area contributed by atoms with Gasteiger partial charge in [0.2, 0.25) is 0 Å². The zero-order chi connectivity index (χ0) is 21.3. The molecule has 0 aromatic heterocycles. The van der Waals surface area contributed by atoms with Crippen LogP contribution in [0.1, 0.15) is 48.0 Å². The Bertz CT molecular complexity index is 859. The molecule has 5 heteroatoms. The van der Waals surface area contributed by atoms with Crippen molar-refractivity contribution in [3.63, 3.8) is 0 Å². The van der Waals surface area contributed by atoms with Crippen LogP contribution < -0.4 is 14.8 Å². The first-order chi connectivity index (χ1) is 14.6. The molecule has 1 saturated carbocycles. The summed E-state index contributed by atoms with van der Waals surface area (Å²) in [4.78, 5) is 15.3. The number of hydrogen-bond donors (Lipinski definition) is 1. The van der Waals surface area contributed by atoms with Crippen LogP contribution >= 0.6 is 0 Å². The standard InChI is InChI=1S/C25H32N2O3/c1-4-16-30-23-15-14-19(17-24(23)29-3)25(28)26-22-13-9-8-10-20(22)18-27(2)21-11-6-5-7-12-21/h4,8-10,13-15,17,21H,1,5-7,11-12,16,18H2,2-3H3,(H,26,28). The van der Waals surface area contributed by atoms with Crippen LogP contribution in [0.15, 0.2) is 55.1 Å². The summed E-state index contributed by atoms with van der Waals surface area (Å²) in [6, 6.07) is 13.8. The molecule has 0 bridgehead atoms. The minimum absolute atomic E-state index is 0.170. The maximum atomic E-state index is 12.9. The zero-order valence-electron chi connectivity index (χ0n) is 18.0. The molecule has 2 aromatic carbocycles. The Labute approximate surface area is 179 Å². The van der Waals surface area contributed by atoms with Gasteiger partial charge in [0.25, 0.3) is 5.91 Å². The van der Waals surface area contributed by atoms with E-state index in [0.717, 1.165) is 17.8 Å². The molecule has 1 fully saturated rings. The topological polar surface area (TPSA) is 50.8 Å². The highest BCUT2D eigenvalue weighted by Crippen LogP contribution is 2.29. The lowest BCUT2D eigenvalue weighted by Gasteiger charge is -2.31. The Morgan fingerprint density at radius 2 is 1.93 bits per heavy atom. The van der Waals surface area contributed by atoms with Gasteiger partial charge in [0.15, 0.2) is 11.5 Å². The molecule has 0 aliphatic heterocycles. The van der Waals surface area contributed by atoms with Crippen molar-refractivity contribution in [3.8, 4) is 11.5 Å².